The summed E-state index contributed by atoms with van der Waals surface area (Å²) in [6.07, 6.45) is 5.20. The molecular formula is C10H15N3O. The zero-order chi connectivity index (χ0) is 9.97. The fourth-order valence-electron chi connectivity index (χ4n) is 1.88. The zero-order valence-electron chi connectivity index (χ0n) is 8.36. The number of aromatic nitrogens is 2. The number of Topliss-reactive ketones (excluding diaryl/α,β-unsaturated/α-hetero) is 1. The van der Waals surface area contributed by atoms with Crippen LogP contribution < -0.4 is 5.32 Å². The SMILES string of the molecule is Cn1ccnc1C(=O)CC1CCNC1. The van der Waals surface area contributed by atoms with Crippen LogP contribution in [0.3, 0.4) is 0 Å². The van der Waals surface area contributed by atoms with Crippen molar-refractivity contribution in [3.8, 4) is 0 Å². The van der Waals surface area contributed by atoms with Crippen molar-refractivity contribution in [1.82, 2.24) is 14.9 Å². The summed E-state index contributed by atoms with van der Waals surface area (Å²) in [6.45, 7) is 2.01. The van der Waals surface area contributed by atoms with Gasteiger partial charge in [-0.1, -0.05) is 0 Å². The van der Waals surface area contributed by atoms with Gasteiger partial charge in [0.15, 0.2) is 11.6 Å². The van der Waals surface area contributed by atoms with Gasteiger partial charge in [0, 0.05) is 25.9 Å². The van der Waals surface area contributed by atoms with Gasteiger partial charge in [-0.25, -0.2) is 4.98 Å². The largest absolute Gasteiger partial charge is 0.332 e. The van der Waals surface area contributed by atoms with Gasteiger partial charge in [-0.05, 0) is 25.4 Å². The van der Waals surface area contributed by atoms with Crippen LogP contribution in [-0.2, 0) is 7.05 Å². The standard InChI is InChI=1S/C10H15N3O/c1-13-5-4-12-10(13)9(14)6-8-2-3-11-7-8/h4-5,8,11H,2-3,6-7H2,1H3. The maximum absolute atomic E-state index is 11.8. The quantitative estimate of drug-likeness (QED) is 0.715. The second-order valence-electron chi connectivity index (χ2n) is 3.85. The molecule has 14 heavy (non-hydrogen) atoms. The molecule has 0 amide bonds. The fraction of sp³-hybridized carbons (Fsp3) is 0.600. The summed E-state index contributed by atoms with van der Waals surface area (Å²) in [6, 6.07) is 0. The Morgan fingerprint density at radius 3 is 3.21 bits per heavy atom. The number of carbonyl (C=O) groups excluding carboxylic acids is 1. The number of nitrogens with one attached hydrogen (secondary N) is 1. The first-order chi connectivity index (χ1) is 6.77. The van der Waals surface area contributed by atoms with E-state index in [0.717, 1.165) is 19.5 Å². The number of hydrogen-bond donors (Lipinski definition) is 1. The molecule has 76 valence electrons. The van der Waals surface area contributed by atoms with Gasteiger partial charge in [-0.2, -0.15) is 0 Å². The Morgan fingerprint density at radius 2 is 2.64 bits per heavy atom. The highest BCUT2D eigenvalue weighted by atomic mass is 16.1. The number of ketones is 1. The highest BCUT2D eigenvalue weighted by Gasteiger charge is 2.20. The van der Waals surface area contributed by atoms with Crippen molar-refractivity contribution in [3.05, 3.63) is 18.2 Å². The number of carbonyl (C=O) groups is 1. The average Bonchev–Trinajstić information content (AvgIpc) is 2.75. The van der Waals surface area contributed by atoms with Gasteiger partial charge < -0.3 is 9.88 Å². The summed E-state index contributed by atoms with van der Waals surface area (Å²) in [5.41, 5.74) is 0. The van der Waals surface area contributed by atoms with Crippen molar-refractivity contribution >= 4 is 5.78 Å². The minimum absolute atomic E-state index is 0.159. The van der Waals surface area contributed by atoms with Crippen molar-refractivity contribution < 1.29 is 4.79 Å². The molecule has 1 N–H and O–H groups in total. The Morgan fingerprint density at radius 1 is 1.79 bits per heavy atom. The Bertz CT molecular complexity index is 326. The second-order valence-corrected chi connectivity index (χ2v) is 3.85. The minimum atomic E-state index is 0.159. The van der Waals surface area contributed by atoms with E-state index in [-0.39, 0.29) is 5.78 Å². The lowest BCUT2D eigenvalue weighted by Gasteiger charge is -2.06. The molecule has 1 aromatic heterocycles. The van der Waals surface area contributed by atoms with E-state index < -0.39 is 0 Å². The Kier molecular flexibility index (Phi) is 2.63. The topological polar surface area (TPSA) is 46.9 Å². The van der Waals surface area contributed by atoms with Gasteiger partial charge >= 0.3 is 0 Å². The Labute approximate surface area is 83.3 Å². The monoisotopic (exact) mass is 193 g/mol. The van der Waals surface area contributed by atoms with Crippen LogP contribution in [0.15, 0.2) is 12.4 Å². The molecule has 1 atom stereocenters. The molecule has 4 nitrogen and oxygen atoms in total. The summed E-state index contributed by atoms with van der Waals surface area (Å²) < 4.78 is 1.78. The predicted molar refractivity (Wildman–Crippen MR) is 53.1 cm³/mol. The molecular weight excluding hydrogens is 178 g/mol. The maximum atomic E-state index is 11.8. The third-order valence-electron chi connectivity index (χ3n) is 2.71. The first-order valence-electron chi connectivity index (χ1n) is 4.98. The molecule has 0 aromatic carbocycles. The van der Waals surface area contributed by atoms with Gasteiger partial charge in [-0.15, -0.1) is 0 Å². The van der Waals surface area contributed by atoms with Crippen LogP contribution in [0.2, 0.25) is 0 Å². The number of hydrogen-bond acceptors (Lipinski definition) is 3. The Hall–Kier alpha value is -1.16. The third-order valence-corrected chi connectivity index (χ3v) is 2.71. The highest BCUT2D eigenvalue weighted by molar-refractivity contribution is 5.92. The first-order valence-corrected chi connectivity index (χ1v) is 4.98. The molecule has 0 bridgehead atoms. The number of rotatable bonds is 3. The van der Waals surface area contributed by atoms with Gasteiger partial charge in [0.25, 0.3) is 0 Å². The van der Waals surface area contributed by atoms with Crippen LogP contribution in [0.1, 0.15) is 23.5 Å². The van der Waals surface area contributed by atoms with Crippen molar-refractivity contribution in [2.75, 3.05) is 13.1 Å². The molecule has 1 aliphatic heterocycles. The smallest absolute Gasteiger partial charge is 0.198 e. The van der Waals surface area contributed by atoms with E-state index in [1.807, 2.05) is 7.05 Å². The maximum Gasteiger partial charge on any atom is 0.198 e. The first kappa shape index (κ1) is 9.40. The van der Waals surface area contributed by atoms with E-state index in [1.165, 1.54) is 0 Å². The lowest BCUT2D eigenvalue weighted by atomic mass is 10.0. The molecule has 4 heteroatoms. The fourth-order valence-corrected chi connectivity index (χ4v) is 1.88. The summed E-state index contributed by atoms with van der Waals surface area (Å²) in [5.74, 6) is 1.24. The van der Waals surface area contributed by atoms with Crippen LogP contribution >= 0.6 is 0 Å². The summed E-state index contributed by atoms with van der Waals surface area (Å²) in [5, 5.41) is 3.26. The molecule has 1 aromatic rings. The van der Waals surface area contributed by atoms with E-state index >= 15 is 0 Å². The lowest BCUT2D eigenvalue weighted by Crippen LogP contribution is -2.15. The van der Waals surface area contributed by atoms with Gasteiger partial charge in [0.1, 0.15) is 0 Å². The van der Waals surface area contributed by atoms with E-state index in [0.29, 0.717) is 18.2 Å². The van der Waals surface area contributed by atoms with E-state index in [9.17, 15) is 4.79 Å². The molecule has 1 aliphatic rings. The van der Waals surface area contributed by atoms with Gasteiger partial charge in [0.2, 0.25) is 0 Å². The number of imidazole rings is 1. The van der Waals surface area contributed by atoms with Crippen LogP contribution in [0.25, 0.3) is 0 Å². The summed E-state index contributed by atoms with van der Waals surface area (Å²) in [7, 11) is 1.85. The van der Waals surface area contributed by atoms with Crippen molar-refractivity contribution in [3.63, 3.8) is 0 Å². The average molecular weight is 193 g/mol. The molecule has 0 spiro atoms. The summed E-state index contributed by atoms with van der Waals surface area (Å²) in [4.78, 5) is 15.8. The van der Waals surface area contributed by atoms with Gasteiger partial charge in [-0.3, -0.25) is 4.79 Å². The van der Waals surface area contributed by atoms with Crippen molar-refractivity contribution in [2.24, 2.45) is 13.0 Å². The van der Waals surface area contributed by atoms with E-state index in [1.54, 1.807) is 17.0 Å². The minimum Gasteiger partial charge on any atom is -0.332 e. The van der Waals surface area contributed by atoms with Crippen molar-refractivity contribution in [2.45, 2.75) is 12.8 Å². The van der Waals surface area contributed by atoms with Crippen LogP contribution in [0.5, 0.6) is 0 Å². The molecule has 0 radical (unpaired) electrons. The number of nitrogens with zero attached hydrogens (tertiary/aromatic N) is 2. The van der Waals surface area contributed by atoms with Crippen LogP contribution in [-0.4, -0.2) is 28.4 Å². The molecule has 0 saturated carbocycles. The van der Waals surface area contributed by atoms with E-state index in [4.69, 9.17) is 0 Å². The molecule has 2 rings (SSSR count). The number of aryl methyl sites for hydroxylation is 1. The van der Waals surface area contributed by atoms with Gasteiger partial charge in [0.05, 0.1) is 0 Å². The summed E-state index contributed by atoms with van der Waals surface area (Å²) >= 11 is 0. The molecule has 0 aliphatic carbocycles. The second kappa shape index (κ2) is 3.92. The van der Waals surface area contributed by atoms with Crippen LogP contribution in [0.4, 0.5) is 0 Å². The lowest BCUT2D eigenvalue weighted by molar-refractivity contribution is 0.0951. The molecule has 1 unspecified atom stereocenters. The van der Waals surface area contributed by atoms with Crippen molar-refractivity contribution in [1.29, 1.82) is 0 Å². The van der Waals surface area contributed by atoms with E-state index in [2.05, 4.69) is 10.3 Å². The molecule has 2 heterocycles. The predicted octanol–water partition coefficient (Wildman–Crippen LogP) is 0.602. The highest BCUT2D eigenvalue weighted by Crippen LogP contribution is 2.14. The molecule has 1 saturated heterocycles. The zero-order valence-corrected chi connectivity index (χ0v) is 8.36. The van der Waals surface area contributed by atoms with Crippen LogP contribution in [0, 0.1) is 5.92 Å². The Balaban J connectivity index is 1.98. The third kappa shape index (κ3) is 1.85. The molecule has 1 fully saturated rings. The normalized spacial score (nSPS) is 21.4.